The molecule has 3 amide bonds. The number of amides is 3. The van der Waals surface area contributed by atoms with Crippen molar-refractivity contribution in [1.82, 2.24) is 14.7 Å². The molecule has 2 heterocycles. The monoisotopic (exact) mass is 452 g/mol. The molecule has 31 heavy (non-hydrogen) atoms. The average molecular weight is 453 g/mol. The quantitative estimate of drug-likeness (QED) is 0.661. The number of rotatable bonds is 7. The summed E-state index contributed by atoms with van der Waals surface area (Å²) >= 11 is 6.26. The van der Waals surface area contributed by atoms with Crippen molar-refractivity contribution in [3.63, 3.8) is 0 Å². The van der Waals surface area contributed by atoms with Crippen LogP contribution in [0.1, 0.15) is 29.6 Å². The lowest BCUT2D eigenvalue weighted by molar-refractivity contribution is -0.133. The van der Waals surface area contributed by atoms with Crippen LogP contribution in [0.5, 0.6) is 11.5 Å². The van der Waals surface area contributed by atoms with Crippen molar-refractivity contribution in [2.24, 2.45) is 5.73 Å². The fraction of sp³-hybridized carbons (Fsp3) is 0.571. The van der Waals surface area contributed by atoms with Gasteiger partial charge in [0.25, 0.3) is 11.8 Å². The fourth-order valence-corrected chi connectivity index (χ4v) is 4.12. The lowest BCUT2D eigenvalue weighted by Gasteiger charge is -2.36. The second-order valence-corrected chi connectivity index (χ2v) is 8.16. The minimum absolute atomic E-state index is 0.162. The van der Waals surface area contributed by atoms with Gasteiger partial charge in [-0.2, -0.15) is 0 Å². The molecule has 0 radical (unpaired) electrons. The van der Waals surface area contributed by atoms with Gasteiger partial charge in [-0.15, -0.1) is 0 Å². The zero-order valence-corrected chi connectivity index (χ0v) is 18.5. The Hall–Kier alpha value is -2.52. The third-order valence-electron chi connectivity index (χ3n) is 5.56. The highest BCUT2D eigenvalue weighted by Crippen LogP contribution is 2.36. The molecule has 0 spiro atoms. The number of carbonyl (C=O) groups is 3. The van der Waals surface area contributed by atoms with Gasteiger partial charge in [0.15, 0.2) is 18.1 Å². The fourth-order valence-electron chi connectivity index (χ4n) is 3.85. The molecule has 0 saturated carbocycles. The third-order valence-corrected chi connectivity index (χ3v) is 5.84. The first-order chi connectivity index (χ1) is 14.9. The van der Waals surface area contributed by atoms with Crippen LogP contribution >= 0.6 is 11.6 Å². The van der Waals surface area contributed by atoms with Crippen molar-refractivity contribution in [3.05, 3.63) is 22.7 Å². The lowest BCUT2D eigenvalue weighted by atomic mass is 10.1. The van der Waals surface area contributed by atoms with E-state index in [-0.39, 0.29) is 34.9 Å². The summed E-state index contributed by atoms with van der Waals surface area (Å²) < 4.78 is 10.6. The highest BCUT2D eigenvalue weighted by molar-refractivity contribution is 6.32. The van der Waals surface area contributed by atoms with Crippen LogP contribution in [0.2, 0.25) is 5.02 Å². The Morgan fingerprint density at radius 2 is 1.68 bits per heavy atom. The molecule has 2 saturated heterocycles. The van der Waals surface area contributed by atoms with Crippen LogP contribution in [-0.4, -0.2) is 92.0 Å². The van der Waals surface area contributed by atoms with Crippen molar-refractivity contribution < 1.29 is 23.9 Å². The molecule has 3 rings (SSSR count). The van der Waals surface area contributed by atoms with Crippen LogP contribution in [0.25, 0.3) is 0 Å². The molecular formula is C21H29ClN4O5. The Bertz CT molecular complexity index is 820. The summed E-state index contributed by atoms with van der Waals surface area (Å²) in [6, 6.07) is 3.03. The van der Waals surface area contributed by atoms with E-state index in [1.807, 2.05) is 4.90 Å². The van der Waals surface area contributed by atoms with Gasteiger partial charge >= 0.3 is 0 Å². The van der Waals surface area contributed by atoms with Crippen LogP contribution in [-0.2, 0) is 9.59 Å². The van der Waals surface area contributed by atoms with Crippen molar-refractivity contribution in [3.8, 4) is 11.5 Å². The topological polar surface area (TPSA) is 105 Å². The Kier molecular flexibility index (Phi) is 7.97. The first-order valence-corrected chi connectivity index (χ1v) is 10.8. The van der Waals surface area contributed by atoms with Gasteiger partial charge in [0, 0.05) is 44.8 Å². The number of likely N-dealkylation sites (tertiary alicyclic amines) is 1. The Balaban J connectivity index is 1.58. The molecule has 0 unspecified atom stereocenters. The number of hydrogen-bond acceptors (Lipinski definition) is 6. The van der Waals surface area contributed by atoms with E-state index in [4.69, 9.17) is 26.8 Å². The molecule has 0 bridgehead atoms. The first-order valence-electron chi connectivity index (χ1n) is 10.5. The molecule has 1 aromatic rings. The highest BCUT2D eigenvalue weighted by Gasteiger charge is 2.26. The molecule has 2 fully saturated rings. The molecule has 170 valence electrons. The maximum Gasteiger partial charge on any atom is 0.255 e. The summed E-state index contributed by atoms with van der Waals surface area (Å²) in [6.07, 6.45) is 3.34. The van der Waals surface area contributed by atoms with Gasteiger partial charge in [-0.25, -0.2) is 0 Å². The van der Waals surface area contributed by atoms with Crippen LogP contribution in [0.4, 0.5) is 0 Å². The van der Waals surface area contributed by atoms with Crippen LogP contribution in [0, 0.1) is 0 Å². The second-order valence-electron chi connectivity index (χ2n) is 7.75. The summed E-state index contributed by atoms with van der Waals surface area (Å²) in [5.74, 6) is -0.232. The summed E-state index contributed by atoms with van der Waals surface area (Å²) in [5.41, 5.74) is 5.47. The van der Waals surface area contributed by atoms with Crippen LogP contribution < -0.4 is 15.2 Å². The molecule has 9 nitrogen and oxygen atoms in total. The van der Waals surface area contributed by atoms with E-state index < -0.39 is 5.91 Å². The maximum absolute atomic E-state index is 13.0. The SMILES string of the molecule is COc1cc(C(=O)N2CCN(CC(=O)N3CCCCC3)CC2)cc(Cl)c1OCC(N)=O. The van der Waals surface area contributed by atoms with E-state index in [1.54, 1.807) is 4.90 Å². The summed E-state index contributed by atoms with van der Waals surface area (Å²) in [5, 5.41) is 0.162. The zero-order chi connectivity index (χ0) is 22.4. The van der Waals surface area contributed by atoms with Crippen molar-refractivity contribution >= 4 is 29.3 Å². The molecule has 10 heteroatoms. The molecule has 2 aliphatic heterocycles. The number of primary amides is 1. The Morgan fingerprint density at radius 1 is 1.00 bits per heavy atom. The van der Waals surface area contributed by atoms with Gasteiger partial charge in [-0.3, -0.25) is 19.3 Å². The maximum atomic E-state index is 13.0. The van der Waals surface area contributed by atoms with Crippen LogP contribution in [0.3, 0.4) is 0 Å². The summed E-state index contributed by atoms with van der Waals surface area (Å²) in [4.78, 5) is 42.2. The second kappa shape index (κ2) is 10.7. The minimum atomic E-state index is -0.644. The molecule has 0 aliphatic carbocycles. The van der Waals surface area contributed by atoms with Gasteiger partial charge in [0.2, 0.25) is 5.91 Å². The Labute approximate surface area is 187 Å². The number of ether oxygens (including phenoxy) is 2. The normalized spacial score (nSPS) is 17.4. The van der Waals surface area contributed by atoms with E-state index in [0.29, 0.717) is 38.3 Å². The average Bonchev–Trinajstić information content (AvgIpc) is 2.78. The first kappa shape index (κ1) is 23.1. The number of carbonyl (C=O) groups excluding carboxylic acids is 3. The number of methoxy groups -OCH3 is 1. The van der Waals surface area contributed by atoms with E-state index >= 15 is 0 Å². The Morgan fingerprint density at radius 3 is 2.29 bits per heavy atom. The standard InChI is InChI=1S/C21H29ClN4O5/c1-30-17-12-15(11-16(22)20(17)31-14-18(23)27)21(29)26-9-7-24(8-10-26)13-19(28)25-5-3-2-4-6-25/h11-12H,2-10,13-14H2,1H3,(H2,23,27). The van der Waals surface area contributed by atoms with E-state index in [2.05, 4.69) is 4.90 Å². The van der Waals surface area contributed by atoms with Crippen molar-refractivity contribution in [2.45, 2.75) is 19.3 Å². The van der Waals surface area contributed by atoms with Gasteiger partial charge < -0.3 is 25.0 Å². The number of halogens is 1. The predicted molar refractivity (Wildman–Crippen MR) is 115 cm³/mol. The highest BCUT2D eigenvalue weighted by atomic mass is 35.5. The molecule has 2 aliphatic rings. The smallest absolute Gasteiger partial charge is 0.255 e. The number of piperazine rings is 1. The molecule has 0 atom stereocenters. The third kappa shape index (κ3) is 6.01. The number of nitrogens with zero attached hydrogens (tertiary/aromatic N) is 3. The van der Waals surface area contributed by atoms with Gasteiger partial charge in [0.05, 0.1) is 18.7 Å². The number of nitrogens with two attached hydrogens (primary N) is 1. The number of piperidine rings is 1. The van der Waals surface area contributed by atoms with Gasteiger partial charge in [-0.1, -0.05) is 11.6 Å². The van der Waals surface area contributed by atoms with E-state index in [0.717, 1.165) is 25.9 Å². The summed E-state index contributed by atoms with van der Waals surface area (Å²) in [7, 11) is 1.43. The van der Waals surface area contributed by atoms with Gasteiger partial charge in [0.1, 0.15) is 0 Å². The largest absolute Gasteiger partial charge is 0.493 e. The zero-order valence-electron chi connectivity index (χ0n) is 17.8. The van der Waals surface area contributed by atoms with Crippen molar-refractivity contribution in [1.29, 1.82) is 0 Å². The van der Waals surface area contributed by atoms with Crippen LogP contribution in [0.15, 0.2) is 12.1 Å². The predicted octanol–water partition coefficient (Wildman–Crippen LogP) is 0.983. The summed E-state index contributed by atoms with van der Waals surface area (Å²) in [6.45, 7) is 4.05. The molecule has 1 aromatic carbocycles. The van der Waals surface area contributed by atoms with Gasteiger partial charge in [-0.05, 0) is 31.4 Å². The number of hydrogen-bond donors (Lipinski definition) is 1. The molecule has 0 aromatic heterocycles. The minimum Gasteiger partial charge on any atom is -0.493 e. The lowest BCUT2D eigenvalue weighted by Crippen LogP contribution is -2.52. The molecular weight excluding hydrogens is 424 g/mol. The van der Waals surface area contributed by atoms with E-state index in [9.17, 15) is 14.4 Å². The van der Waals surface area contributed by atoms with Crippen molar-refractivity contribution in [2.75, 3.05) is 59.5 Å². The van der Waals surface area contributed by atoms with E-state index in [1.165, 1.54) is 25.7 Å². The number of benzene rings is 1. The molecule has 2 N–H and O–H groups in total.